The molecule has 112 valence electrons. The molecule has 0 saturated heterocycles. The number of hydrogen-bond acceptors (Lipinski definition) is 3. The Morgan fingerprint density at radius 2 is 2.24 bits per heavy atom. The molecular weight excluding hydrogens is 288 g/mol. The average Bonchev–Trinajstić information content (AvgIpc) is 2.98. The van der Waals surface area contributed by atoms with E-state index in [0.717, 1.165) is 24.1 Å². The third kappa shape index (κ3) is 3.62. The molecule has 1 atom stereocenters. The lowest BCUT2D eigenvalue weighted by Crippen LogP contribution is -2.21. The van der Waals surface area contributed by atoms with Crippen LogP contribution in [0, 0.1) is 0 Å². The summed E-state index contributed by atoms with van der Waals surface area (Å²) in [7, 11) is 1.57. The molecule has 21 heavy (non-hydrogen) atoms. The molecule has 0 saturated carbocycles. The maximum atomic E-state index is 11.5. The van der Waals surface area contributed by atoms with E-state index in [2.05, 4.69) is 17.3 Å². The number of amides is 1. The van der Waals surface area contributed by atoms with Crippen molar-refractivity contribution >= 4 is 17.5 Å². The zero-order valence-electron chi connectivity index (χ0n) is 12.1. The Labute approximate surface area is 129 Å². The van der Waals surface area contributed by atoms with E-state index in [1.807, 2.05) is 18.2 Å². The number of aromatic nitrogens is 2. The molecule has 0 fully saturated rings. The molecule has 1 heterocycles. The number of benzene rings is 1. The summed E-state index contributed by atoms with van der Waals surface area (Å²) in [6.07, 6.45) is 3.39. The maximum absolute atomic E-state index is 11.5. The number of carbonyl (C=O) groups excluding carboxylic acids is 1. The molecule has 0 bridgehead atoms. The van der Waals surface area contributed by atoms with E-state index in [4.69, 9.17) is 17.3 Å². The SMILES string of the molecule is CCC(N)Cc1ccc(-n2ccc(C(=O)NC)n2)cc1Cl. The van der Waals surface area contributed by atoms with Gasteiger partial charge in [0.1, 0.15) is 0 Å². The second kappa shape index (κ2) is 6.74. The second-order valence-electron chi connectivity index (χ2n) is 4.87. The number of carbonyl (C=O) groups is 1. The first-order chi connectivity index (χ1) is 10.0. The van der Waals surface area contributed by atoms with Gasteiger partial charge in [0, 0.05) is 24.3 Å². The molecule has 5 nitrogen and oxygen atoms in total. The van der Waals surface area contributed by atoms with Crippen molar-refractivity contribution in [2.75, 3.05) is 7.05 Å². The molecule has 0 radical (unpaired) electrons. The van der Waals surface area contributed by atoms with Crippen LogP contribution in [-0.4, -0.2) is 28.8 Å². The summed E-state index contributed by atoms with van der Waals surface area (Å²) >= 11 is 6.30. The highest BCUT2D eigenvalue weighted by Gasteiger charge is 2.10. The number of nitrogens with two attached hydrogens (primary N) is 1. The Bertz CT molecular complexity index is 638. The predicted molar refractivity (Wildman–Crippen MR) is 83.9 cm³/mol. The summed E-state index contributed by atoms with van der Waals surface area (Å²) in [6, 6.07) is 7.48. The van der Waals surface area contributed by atoms with Gasteiger partial charge in [0.25, 0.3) is 5.91 Å². The van der Waals surface area contributed by atoms with Crippen molar-refractivity contribution in [2.45, 2.75) is 25.8 Å². The molecule has 2 rings (SSSR count). The molecule has 6 heteroatoms. The largest absolute Gasteiger partial charge is 0.354 e. The van der Waals surface area contributed by atoms with Gasteiger partial charge >= 0.3 is 0 Å². The highest BCUT2D eigenvalue weighted by Crippen LogP contribution is 2.21. The lowest BCUT2D eigenvalue weighted by molar-refractivity contribution is 0.0957. The fourth-order valence-corrected chi connectivity index (χ4v) is 2.24. The van der Waals surface area contributed by atoms with E-state index in [0.29, 0.717) is 10.7 Å². The minimum absolute atomic E-state index is 0.109. The summed E-state index contributed by atoms with van der Waals surface area (Å²) in [5.41, 5.74) is 8.15. The van der Waals surface area contributed by atoms with Gasteiger partial charge in [0.15, 0.2) is 5.69 Å². The molecule has 0 aliphatic rings. The summed E-state index contributed by atoms with van der Waals surface area (Å²) in [6.45, 7) is 2.05. The van der Waals surface area contributed by atoms with Crippen molar-refractivity contribution in [3.05, 3.63) is 46.7 Å². The predicted octanol–water partition coefficient (Wildman–Crippen LogP) is 2.17. The molecule has 1 amide bonds. The Kier molecular flexibility index (Phi) is 4.98. The summed E-state index contributed by atoms with van der Waals surface area (Å²) < 4.78 is 1.62. The number of nitrogens with zero attached hydrogens (tertiary/aromatic N) is 2. The lowest BCUT2D eigenvalue weighted by Gasteiger charge is -2.11. The van der Waals surface area contributed by atoms with Crippen LogP contribution in [0.5, 0.6) is 0 Å². The fourth-order valence-electron chi connectivity index (χ4n) is 1.99. The van der Waals surface area contributed by atoms with Gasteiger partial charge < -0.3 is 11.1 Å². The van der Waals surface area contributed by atoms with Crippen LogP contribution in [0.1, 0.15) is 29.4 Å². The number of nitrogens with one attached hydrogen (secondary N) is 1. The summed E-state index contributed by atoms with van der Waals surface area (Å²) in [5.74, 6) is -0.217. The fraction of sp³-hybridized carbons (Fsp3) is 0.333. The molecule has 1 unspecified atom stereocenters. The first-order valence-electron chi connectivity index (χ1n) is 6.87. The third-order valence-electron chi connectivity index (χ3n) is 3.36. The Morgan fingerprint density at radius 1 is 1.48 bits per heavy atom. The van der Waals surface area contributed by atoms with E-state index < -0.39 is 0 Å². The van der Waals surface area contributed by atoms with E-state index in [9.17, 15) is 4.79 Å². The van der Waals surface area contributed by atoms with Gasteiger partial charge in [0.05, 0.1) is 5.69 Å². The minimum atomic E-state index is -0.217. The maximum Gasteiger partial charge on any atom is 0.271 e. The van der Waals surface area contributed by atoms with Crippen molar-refractivity contribution < 1.29 is 4.79 Å². The Morgan fingerprint density at radius 3 is 2.86 bits per heavy atom. The van der Waals surface area contributed by atoms with Crippen LogP contribution in [0.2, 0.25) is 5.02 Å². The number of rotatable bonds is 5. The van der Waals surface area contributed by atoms with Crippen molar-refractivity contribution in [1.29, 1.82) is 0 Å². The zero-order valence-corrected chi connectivity index (χ0v) is 12.9. The van der Waals surface area contributed by atoms with Crippen LogP contribution < -0.4 is 11.1 Å². The highest BCUT2D eigenvalue weighted by atomic mass is 35.5. The Hall–Kier alpha value is -1.85. The first-order valence-corrected chi connectivity index (χ1v) is 7.25. The third-order valence-corrected chi connectivity index (χ3v) is 3.71. The standard InChI is InChI=1S/C15H19ClN4O/c1-3-11(17)8-10-4-5-12(9-13(10)16)20-7-6-14(19-20)15(21)18-2/h4-7,9,11H,3,8,17H2,1-2H3,(H,18,21). The van der Waals surface area contributed by atoms with Crippen LogP contribution in [-0.2, 0) is 6.42 Å². The monoisotopic (exact) mass is 306 g/mol. The highest BCUT2D eigenvalue weighted by molar-refractivity contribution is 6.31. The minimum Gasteiger partial charge on any atom is -0.354 e. The lowest BCUT2D eigenvalue weighted by atomic mass is 10.0. The van der Waals surface area contributed by atoms with Crippen molar-refractivity contribution in [2.24, 2.45) is 5.73 Å². The van der Waals surface area contributed by atoms with Crippen LogP contribution >= 0.6 is 11.6 Å². The van der Waals surface area contributed by atoms with E-state index in [1.54, 1.807) is 24.0 Å². The smallest absolute Gasteiger partial charge is 0.271 e. The van der Waals surface area contributed by atoms with Gasteiger partial charge in [-0.15, -0.1) is 0 Å². The summed E-state index contributed by atoms with van der Waals surface area (Å²) in [4.78, 5) is 11.5. The van der Waals surface area contributed by atoms with E-state index >= 15 is 0 Å². The molecule has 1 aromatic carbocycles. The first kappa shape index (κ1) is 15.5. The van der Waals surface area contributed by atoms with Gasteiger partial charge in [-0.05, 0) is 36.6 Å². The van der Waals surface area contributed by atoms with Gasteiger partial charge in [0.2, 0.25) is 0 Å². The molecule has 3 N–H and O–H groups in total. The molecule has 1 aromatic heterocycles. The zero-order chi connectivity index (χ0) is 15.4. The van der Waals surface area contributed by atoms with Crippen LogP contribution in [0.4, 0.5) is 0 Å². The number of halogens is 1. The quantitative estimate of drug-likeness (QED) is 0.889. The number of hydrogen-bond donors (Lipinski definition) is 2. The van der Waals surface area contributed by atoms with E-state index in [1.165, 1.54) is 0 Å². The van der Waals surface area contributed by atoms with Crippen LogP contribution in [0.15, 0.2) is 30.5 Å². The van der Waals surface area contributed by atoms with Gasteiger partial charge in [-0.25, -0.2) is 4.68 Å². The second-order valence-corrected chi connectivity index (χ2v) is 5.28. The average molecular weight is 307 g/mol. The van der Waals surface area contributed by atoms with Gasteiger partial charge in [-0.3, -0.25) is 4.79 Å². The van der Waals surface area contributed by atoms with Crippen molar-refractivity contribution in [3.8, 4) is 5.69 Å². The van der Waals surface area contributed by atoms with Crippen molar-refractivity contribution in [3.63, 3.8) is 0 Å². The van der Waals surface area contributed by atoms with Crippen LogP contribution in [0.3, 0.4) is 0 Å². The Balaban J connectivity index is 2.23. The molecule has 0 aliphatic carbocycles. The molecule has 0 spiro atoms. The molecule has 0 aliphatic heterocycles. The molecule has 2 aromatic rings. The van der Waals surface area contributed by atoms with Gasteiger partial charge in [-0.2, -0.15) is 5.10 Å². The normalized spacial score (nSPS) is 12.2. The summed E-state index contributed by atoms with van der Waals surface area (Å²) in [5, 5.41) is 7.42. The topological polar surface area (TPSA) is 72.9 Å². The van der Waals surface area contributed by atoms with Gasteiger partial charge in [-0.1, -0.05) is 24.6 Å². The van der Waals surface area contributed by atoms with E-state index in [-0.39, 0.29) is 11.9 Å². The van der Waals surface area contributed by atoms with Crippen molar-refractivity contribution in [1.82, 2.24) is 15.1 Å². The molecular formula is C15H19ClN4O. The van der Waals surface area contributed by atoms with Crippen LogP contribution in [0.25, 0.3) is 5.69 Å².